The predicted molar refractivity (Wildman–Crippen MR) is 87.4 cm³/mol. The summed E-state index contributed by atoms with van der Waals surface area (Å²) < 4.78 is 41.2. The molecule has 0 radical (unpaired) electrons. The van der Waals surface area contributed by atoms with Crippen LogP contribution >= 0.6 is 0 Å². The standard InChI is InChI=1S/C17H15F3N4O2/c1-10-6-7-21-15(10)13-8-11(23-24-13)9-22-16(25)12-4-2-3-5-14(12)26-17(18,19)20/h2-8,21H,9H2,1H3,(H,22,25)(H,23,24). The van der Waals surface area contributed by atoms with Crippen LogP contribution < -0.4 is 10.1 Å². The highest BCUT2D eigenvalue weighted by molar-refractivity contribution is 5.96. The van der Waals surface area contributed by atoms with Crippen molar-refractivity contribution in [3.8, 4) is 17.1 Å². The molecule has 26 heavy (non-hydrogen) atoms. The van der Waals surface area contributed by atoms with Crippen LogP contribution in [0.3, 0.4) is 0 Å². The van der Waals surface area contributed by atoms with Crippen LogP contribution in [0, 0.1) is 6.92 Å². The average molecular weight is 364 g/mol. The molecule has 0 saturated carbocycles. The summed E-state index contributed by atoms with van der Waals surface area (Å²) in [5, 5.41) is 9.49. The van der Waals surface area contributed by atoms with Gasteiger partial charge in [0.05, 0.1) is 23.5 Å². The molecular weight excluding hydrogens is 349 g/mol. The van der Waals surface area contributed by atoms with Crippen molar-refractivity contribution in [1.82, 2.24) is 20.5 Å². The lowest BCUT2D eigenvalue weighted by atomic mass is 10.2. The lowest BCUT2D eigenvalue weighted by molar-refractivity contribution is -0.274. The normalized spacial score (nSPS) is 11.4. The van der Waals surface area contributed by atoms with Crippen molar-refractivity contribution < 1.29 is 22.7 Å². The second-order valence-electron chi connectivity index (χ2n) is 5.54. The van der Waals surface area contributed by atoms with E-state index >= 15 is 0 Å². The van der Waals surface area contributed by atoms with Crippen molar-refractivity contribution in [2.75, 3.05) is 0 Å². The Balaban J connectivity index is 1.69. The van der Waals surface area contributed by atoms with Gasteiger partial charge in [-0.1, -0.05) is 12.1 Å². The van der Waals surface area contributed by atoms with Crippen LogP contribution in [-0.4, -0.2) is 27.5 Å². The van der Waals surface area contributed by atoms with E-state index in [-0.39, 0.29) is 12.1 Å². The second kappa shape index (κ2) is 6.95. The van der Waals surface area contributed by atoms with Gasteiger partial charge in [0.15, 0.2) is 0 Å². The van der Waals surface area contributed by atoms with E-state index in [9.17, 15) is 18.0 Å². The number of benzene rings is 1. The summed E-state index contributed by atoms with van der Waals surface area (Å²) in [7, 11) is 0. The maximum Gasteiger partial charge on any atom is 0.573 e. The van der Waals surface area contributed by atoms with Crippen LogP contribution in [0.4, 0.5) is 13.2 Å². The highest BCUT2D eigenvalue weighted by Crippen LogP contribution is 2.26. The molecule has 0 fully saturated rings. The smallest absolute Gasteiger partial charge is 0.405 e. The Bertz CT molecular complexity index is 915. The molecule has 2 aromatic heterocycles. The summed E-state index contributed by atoms with van der Waals surface area (Å²) in [5.74, 6) is -1.23. The summed E-state index contributed by atoms with van der Waals surface area (Å²) in [6, 6.07) is 8.82. The molecule has 3 N–H and O–H groups in total. The van der Waals surface area contributed by atoms with Crippen LogP contribution in [0.5, 0.6) is 5.75 Å². The quantitative estimate of drug-likeness (QED) is 0.648. The van der Waals surface area contributed by atoms with Gasteiger partial charge in [-0.2, -0.15) is 5.10 Å². The minimum Gasteiger partial charge on any atom is -0.405 e. The van der Waals surface area contributed by atoms with E-state index in [2.05, 4.69) is 25.2 Å². The highest BCUT2D eigenvalue weighted by Gasteiger charge is 2.32. The number of para-hydroxylation sites is 1. The third-order valence-electron chi connectivity index (χ3n) is 3.64. The molecule has 0 aliphatic heterocycles. The zero-order chi connectivity index (χ0) is 18.7. The Labute approximate surface area is 146 Å². The number of hydrogen-bond donors (Lipinski definition) is 3. The third kappa shape index (κ3) is 4.05. The number of carbonyl (C=O) groups excluding carboxylic acids is 1. The van der Waals surface area contributed by atoms with Gasteiger partial charge in [0.2, 0.25) is 0 Å². The number of rotatable bonds is 5. The average Bonchev–Trinajstić information content (AvgIpc) is 3.20. The van der Waals surface area contributed by atoms with E-state index in [1.165, 1.54) is 18.2 Å². The van der Waals surface area contributed by atoms with E-state index in [1.807, 2.05) is 13.0 Å². The fraction of sp³-hybridized carbons (Fsp3) is 0.176. The van der Waals surface area contributed by atoms with E-state index in [0.717, 1.165) is 17.3 Å². The number of aromatic amines is 2. The minimum absolute atomic E-state index is 0.0753. The summed E-state index contributed by atoms with van der Waals surface area (Å²) in [6.07, 6.45) is -3.08. The molecule has 0 saturated heterocycles. The van der Waals surface area contributed by atoms with Gasteiger partial charge in [-0.05, 0) is 36.8 Å². The van der Waals surface area contributed by atoms with Gasteiger partial charge < -0.3 is 15.0 Å². The number of alkyl halides is 3. The van der Waals surface area contributed by atoms with Crippen molar-refractivity contribution in [1.29, 1.82) is 0 Å². The number of nitrogens with one attached hydrogen (secondary N) is 3. The van der Waals surface area contributed by atoms with Gasteiger partial charge >= 0.3 is 6.36 Å². The Morgan fingerprint density at radius 3 is 2.73 bits per heavy atom. The SMILES string of the molecule is Cc1cc[nH]c1-c1cc(CNC(=O)c2ccccc2OC(F)(F)F)[nH]n1. The van der Waals surface area contributed by atoms with Crippen LogP contribution in [0.25, 0.3) is 11.4 Å². The fourth-order valence-electron chi connectivity index (χ4n) is 2.44. The first-order valence-corrected chi connectivity index (χ1v) is 7.65. The van der Waals surface area contributed by atoms with E-state index in [4.69, 9.17) is 0 Å². The largest absolute Gasteiger partial charge is 0.573 e. The predicted octanol–water partition coefficient (Wildman–Crippen LogP) is 3.54. The Morgan fingerprint density at radius 1 is 1.27 bits per heavy atom. The van der Waals surface area contributed by atoms with E-state index in [0.29, 0.717) is 11.4 Å². The molecule has 1 amide bonds. The molecule has 3 aromatic rings. The lowest BCUT2D eigenvalue weighted by Gasteiger charge is -2.12. The number of H-pyrrole nitrogens is 2. The van der Waals surface area contributed by atoms with Crippen LogP contribution in [0.15, 0.2) is 42.6 Å². The van der Waals surface area contributed by atoms with Crippen molar-refractivity contribution in [3.05, 3.63) is 59.4 Å². The number of carbonyl (C=O) groups is 1. The Kier molecular flexibility index (Phi) is 4.70. The number of halogens is 3. The monoisotopic (exact) mass is 364 g/mol. The third-order valence-corrected chi connectivity index (χ3v) is 3.64. The minimum atomic E-state index is -4.87. The number of aromatic nitrogens is 3. The van der Waals surface area contributed by atoms with Gasteiger partial charge in [-0.25, -0.2) is 0 Å². The first kappa shape index (κ1) is 17.6. The Morgan fingerprint density at radius 2 is 2.04 bits per heavy atom. The molecule has 0 aliphatic rings. The first-order valence-electron chi connectivity index (χ1n) is 7.65. The molecule has 9 heteroatoms. The molecule has 2 heterocycles. The summed E-state index contributed by atoms with van der Waals surface area (Å²) in [4.78, 5) is 15.3. The number of amides is 1. The van der Waals surface area contributed by atoms with Crippen LogP contribution in [0.1, 0.15) is 21.6 Å². The first-order chi connectivity index (χ1) is 12.3. The number of aryl methyl sites for hydroxylation is 1. The molecule has 3 rings (SSSR count). The lowest BCUT2D eigenvalue weighted by Crippen LogP contribution is -2.25. The van der Waals surface area contributed by atoms with Crippen molar-refractivity contribution in [2.24, 2.45) is 0 Å². The summed E-state index contributed by atoms with van der Waals surface area (Å²) in [5.41, 5.74) is 2.95. The van der Waals surface area contributed by atoms with Gasteiger partial charge in [0.25, 0.3) is 5.91 Å². The number of ether oxygens (including phenoxy) is 1. The van der Waals surface area contributed by atoms with Crippen molar-refractivity contribution in [3.63, 3.8) is 0 Å². The maximum absolute atomic E-state index is 12.4. The molecule has 0 atom stereocenters. The molecule has 0 bridgehead atoms. The molecule has 0 aliphatic carbocycles. The molecule has 6 nitrogen and oxygen atoms in total. The zero-order valence-electron chi connectivity index (χ0n) is 13.6. The fourth-order valence-corrected chi connectivity index (χ4v) is 2.44. The zero-order valence-corrected chi connectivity index (χ0v) is 13.6. The molecule has 1 aromatic carbocycles. The Hall–Kier alpha value is -3.23. The van der Waals surface area contributed by atoms with Gasteiger partial charge in [0.1, 0.15) is 11.4 Å². The summed E-state index contributed by atoms with van der Waals surface area (Å²) >= 11 is 0. The molecule has 0 spiro atoms. The molecular formula is C17H15F3N4O2. The van der Waals surface area contributed by atoms with Crippen molar-refractivity contribution >= 4 is 5.91 Å². The van der Waals surface area contributed by atoms with Crippen LogP contribution in [0.2, 0.25) is 0 Å². The molecule has 136 valence electrons. The number of nitrogens with zero attached hydrogens (tertiary/aromatic N) is 1. The topological polar surface area (TPSA) is 82.8 Å². The van der Waals surface area contributed by atoms with Crippen molar-refractivity contribution in [2.45, 2.75) is 19.8 Å². The second-order valence-corrected chi connectivity index (χ2v) is 5.54. The van der Waals surface area contributed by atoms with Crippen LogP contribution in [-0.2, 0) is 6.54 Å². The highest BCUT2D eigenvalue weighted by atomic mass is 19.4. The van der Waals surface area contributed by atoms with Gasteiger partial charge in [-0.15, -0.1) is 13.2 Å². The van der Waals surface area contributed by atoms with Gasteiger partial charge in [-0.3, -0.25) is 9.89 Å². The van der Waals surface area contributed by atoms with E-state index < -0.39 is 18.0 Å². The van der Waals surface area contributed by atoms with E-state index in [1.54, 1.807) is 12.3 Å². The summed E-state index contributed by atoms with van der Waals surface area (Å²) in [6.45, 7) is 2.01. The molecule has 0 unspecified atom stereocenters. The maximum atomic E-state index is 12.4. The number of hydrogen-bond acceptors (Lipinski definition) is 3. The van der Waals surface area contributed by atoms with Gasteiger partial charge in [0, 0.05) is 6.20 Å².